The van der Waals surface area contributed by atoms with Crippen molar-refractivity contribution in [1.82, 2.24) is 9.80 Å². The molecule has 308 valence electrons. The number of hydrogen-bond donors (Lipinski definition) is 3. The maximum Gasteiger partial charge on any atom is 0.303 e. The maximum absolute atomic E-state index is 12.6. The van der Waals surface area contributed by atoms with Gasteiger partial charge in [0, 0.05) is 51.6 Å². The van der Waals surface area contributed by atoms with Crippen molar-refractivity contribution in [3.8, 4) is 0 Å². The van der Waals surface area contributed by atoms with Gasteiger partial charge in [0.05, 0.1) is 42.2 Å². The minimum absolute atomic E-state index is 0.0293. The molecule has 10 heteroatoms. The molecular formula is C44H74N2O8. The molecule has 8 aliphatic rings. The van der Waals surface area contributed by atoms with E-state index in [1.165, 1.54) is 32.6 Å². The van der Waals surface area contributed by atoms with Gasteiger partial charge in [-0.25, -0.2) is 0 Å². The molecule has 8 fully saturated rings. The first-order valence-corrected chi connectivity index (χ1v) is 21.7. The van der Waals surface area contributed by atoms with Crippen molar-refractivity contribution in [3.05, 3.63) is 0 Å². The van der Waals surface area contributed by atoms with Gasteiger partial charge in [-0.15, -0.1) is 0 Å². The number of morpholine rings is 1. The number of aliphatic hydroxyl groups is 3. The summed E-state index contributed by atoms with van der Waals surface area (Å²) in [6.07, 6.45) is 6.60. The predicted molar refractivity (Wildman–Crippen MR) is 205 cm³/mol. The highest BCUT2D eigenvalue weighted by molar-refractivity contribution is 5.66. The zero-order valence-corrected chi connectivity index (χ0v) is 35.2. The second-order valence-corrected chi connectivity index (χ2v) is 22.3. The third-order valence-electron chi connectivity index (χ3n) is 17.7. The Hall–Kier alpha value is -0.850. The van der Waals surface area contributed by atoms with Crippen LogP contribution < -0.4 is 0 Å². The van der Waals surface area contributed by atoms with Gasteiger partial charge in [0.1, 0.15) is 0 Å². The van der Waals surface area contributed by atoms with Gasteiger partial charge in [-0.3, -0.25) is 14.6 Å². The van der Waals surface area contributed by atoms with Crippen LogP contribution in [0.3, 0.4) is 0 Å². The lowest BCUT2D eigenvalue weighted by Gasteiger charge is -2.64. The quantitative estimate of drug-likeness (QED) is 0.269. The lowest BCUT2D eigenvalue weighted by atomic mass is 9.41. The Morgan fingerprint density at radius 1 is 0.944 bits per heavy atom. The minimum Gasteiger partial charge on any atom is -0.457 e. The molecule has 0 radical (unpaired) electrons. The van der Waals surface area contributed by atoms with E-state index in [1.54, 1.807) is 13.8 Å². The van der Waals surface area contributed by atoms with Crippen molar-refractivity contribution in [2.45, 2.75) is 169 Å². The van der Waals surface area contributed by atoms with E-state index >= 15 is 0 Å². The second kappa shape index (κ2) is 13.1. The van der Waals surface area contributed by atoms with Crippen molar-refractivity contribution in [3.63, 3.8) is 0 Å². The summed E-state index contributed by atoms with van der Waals surface area (Å²) in [5, 5.41) is 33.9. The number of fused-ring (bicyclic) bond motifs is 4. The molecule has 54 heavy (non-hydrogen) atoms. The van der Waals surface area contributed by atoms with Crippen molar-refractivity contribution in [1.29, 1.82) is 0 Å². The number of carbonyl (C=O) groups is 1. The van der Waals surface area contributed by atoms with Crippen LogP contribution in [-0.2, 0) is 23.7 Å². The molecule has 3 unspecified atom stereocenters. The van der Waals surface area contributed by atoms with Crippen LogP contribution in [0, 0.1) is 56.7 Å². The van der Waals surface area contributed by atoms with Crippen molar-refractivity contribution >= 4 is 5.97 Å². The lowest BCUT2D eigenvalue weighted by molar-refractivity contribution is -0.249. The van der Waals surface area contributed by atoms with Crippen LogP contribution >= 0.6 is 0 Å². The molecule has 5 saturated carbocycles. The highest BCUT2D eigenvalue weighted by atomic mass is 16.7. The number of rotatable bonds is 9. The number of esters is 1. The first kappa shape index (κ1) is 40.0. The Balaban J connectivity index is 0.950. The van der Waals surface area contributed by atoms with E-state index in [0.717, 1.165) is 58.5 Å². The standard InChI is InChI=1S/C44H74N2O8/c1-26-19-29(37(40(7,8)50)52-27(2)47)53-35-34(26)41(9)15-16-44-24-43(44)14-13-32(39(5,6)30(43)11-12-31(44)42(41,10)36(35)48)54-33-23-45(17-18-51-33)20-28-21-46(22-28)25-38(3,4)49/h26,28-37,48-50H,11-25H2,1-10H3/t26-,29?,30+,31?,32+,33+,34+,35?,36+,37+,41-,42-,43-,44+/m1/s1. The van der Waals surface area contributed by atoms with Crippen LogP contribution in [0.2, 0.25) is 0 Å². The molecule has 5 aliphatic carbocycles. The van der Waals surface area contributed by atoms with Gasteiger partial charge in [-0.05, 0) is 130 Å². The number of carbonyl (C=O) groups excluding carboxylic acids is 1. The first-order chi connectivity index (χ1) is 25.1. The van der Waals surface area contributed by atoms with Crippen LogP contribution in [0.4, 0.5) is 0 Å². The van der Waals surface area contributed by atoms with Crippen molar-refractivity contribution in [2.75, 3.05) is 45.9 Å². The molecule has 3 N–H and O–H groups in total. The fraction of sp³-hybridized carbons (Fsp3) is 0.977. The molecule has 8 rings (SSSR count). The van der Waals surface area contributed by atoms with Crippen molar-refractivity contribution < 1.29 is 39.1 Å². The largest absolute Gasteiger partial charge is 0.457 e. The number of ether oxygens (including phenoxy) is 4. The third-order valence-corrected chi connectivity index (χ3v) is 17.7. The number of hydrogen-bond acceptors (Lipinski definition) is 10. The Kier molecular flexibility index (Phi) is 9.67. The highest BCUT2D eigenvalue weighted by Gasteiger charge is 2.84. The molecular weight excluding hydrogens is 684 g/mol. The minimum atomic E-state index is -1.26. The third kappa shape index (κ3) is 6.02. The summed E-state index contributed by atoms with van der Waals surface area (Å²) >= 11 is 0. The predicted octanol–water partition coefficient (Wildman–Crippen LogP) is 5.25. The summed E-state index contributed by atoms with van der Waals surface area (Å²) in [7, 11) is 0. The fourth-order valence-corrected chi connectivity index (χ4v) is 15.5. The van der Waals surface area contributed by atoms with Crippen molar-refractivity contribution in [2.24, 2.45) is 56.7 Å². The van der Waals surface area contributed by atoms with Gasteiger partial charge >= 0.3 is 5.97 Å². The Morgan fingerprint density at radius 2 is 1.63 bits per heavy atom. The highest BCUT2D eigenvalue weighted by Crippen LogP contribution is 2.89. The Bertz CT molecular complexity index is 1440. The average Bonchev–Trinajstić information content (AvgIpc) is 3.67. The number of likely N-dealkylation sites (tertiary alicyclic amines) is 1. The monoisotopic (exact) mass is 759 g/mol. The van der Waals surface area contributed by atoms with E-state index in [1.807, 2.05) is 13.8 Å². The van der Waals surface area contributed by atoms with Gasteiger partial charge in [-0.1, -0.05) is 34.6 Å². The molecule has 14 atom stereocenters. The van der Waals surface area contributed by atoms with Crippen LogP contribution in [0.15, 0.2) is 0 Å². The summed E-state index contributed by atoms with van der Waals surface area (Å²) in [6.45, 7) is 27.1. The molecule has 10 nitrogen and oxygen atoms in total. The molecule has 0 aromatic carbocycles. The average molecular weight is 759 g/mol. The van der Waals surface area contributed by atoms with Crippen LogP contribution in [0.1, 0.15) is 121 Å². The SMILES string of the molecule is CC(=O)O[C@@H](C1C[C@@H](C)[C@H]2C(O1)[C@H](O)[C@@]1(C)C3CC[C@H]4C(C)(C)[C@@H](O[C@H]5CN(CC6CN(CC(C)(C)O)C6)CCO5)CC[C@@]45C[C@@]35CC[C@]21C)C(C)(C)O. The summed E-state index contributed by atoms with van der Waals surface area (Å²) in [4.78, 5) is 17.0. The second-order valence-electron chi connectivity index (χ2n) is 22.3. The molecule has 2 spiro atoms. The molecule has 3 heterocycles. The topological polar surface area (TPSA) is 121 Å². The van der Waals surface area contributed by atoms with Crippen LogP contribution in [0.5, 0.6) is 0 Å². The van der Waals surface area contributed by atoms with Gasteiger partial charge < -0.3 is 34.3 Å². The van der Waals surface area contributed by atoms with Gasteiger partial charge in [0.15, 0.2) is 12.4 Å². The van der Waals surface area contributed by atoms with E-state index in [-0.39, 0.29) is 52.0 Å². The summed E-state index contributed by atoms with van der Waals surface area (Å²) in [5.74, 6) is 1.71. The lowest BCUT2D eigenvalue weighted by Crippen LogP contribution is -2.60. The zero-order valence-electron chi connectivity index (χ0n) is 35.2. The zero-order chi connectivity index (χ0) is 39.0. The maximum atomic E-state index is 12.6. The first-order valence-electron chi connectivity index (χ1n) is 21.7. The number of aliphatic hydroxyl groups excluding tert-OH is 1. The molecule has 0 aromatic heterocycles. The van der Waals surface area contributed by atoms with Gasteiger partial charge in [-0.2, -0.15) is 0 Å². The van der Waals surface area contributed by atoms with Crippen LogP contribution in [0.25, 0.3) is 0 Å². The summed E-state index contributed by atoms with van der Waals surface area (Å²) < 4.78 is 25.9. The van der Waals surface area contributed by atoms with E-state index < -0.39 is 35.5 Å². The fourth-order valence-electron chi connectivity index (χ4n) is 15.5. The van der Waals surface area contributed by atoms with E-state index in [9.17, 15) is 20.1 Å². The van der Waals surface area contributed by atoms with E-state index in [4.69, 9.17) is 18.9 Å². The summed E-state index contributed by atoms with van der Waals surface area (Å²) in [6, 6.07) is 0. The molecule has 0 aromatic rings. The van der Waals surface area contributed by atoms with Gasteiger partial charge in [0.25, 0.3) is 0 Å². The van der Waals surface area contributed by atoms with E-state index in [2.05, 4.69) is 44.4 Å². The van der Waals surface area contributed by atoms with Gasteiger partial charge in [0.2, 0.25) is 0 Å². The number of β-amino-alcohol motifs (C(OH)–C–C–N with tert-alkyl or cyclic N) is 1. The van der Waals surface area contributed by atoms with E-state index in [0.29, 0.717) is 36.2 Å². The molecule has 0 amide bonds. The molecule has 3 aliphatic heterocycles. The Morgan fingerprint density at radius 3 is 2.30 bits per heavy atom. The smallest absolute Gasteiger partial charge is 0.303 e. The summed E-state index contributed by atoms with van der Waals surface area (Å²) in [5.41, 5.74) is -1.68. The molecule has 0 bridgehead atoms. The molecule has 3 saturated heterocycles. The number of nitrogens with zero attached hydrogens (tertiary/aromatic N) is 2. The Labute approximate surface area is 325 Å². The normalized spacial score (nSPS) is 48.4. The van der Waals surface area contributed by atoms with Crippen LogP contribution in [-0.4, -0.2) is 125 Å².